The molecule has 1 heterocycles. The molecule has 0 atom stereocenters. The highest BCUT2D eigenvalue weighted by atomic mass is 16.5. The van der Waals surface area contributed by atoms with E-state index in [4.69, 9.17) is 9.47 Å². The predicted octanol–water partition coefficient (Wildman–Crippen LogP) is 1.60. The first-order valence-corrected chi connectivity index (χ1v) is 7.95. The molecule has 24 heavy (non-hydrogen) atoms. The van der Waals surface area contributed by atoms with Crippen molar-refractivity contribution in [1.82, 2.24) is 5.32 Å². The summed E-state index contributed by atoms with van der Waals surface area (Å²) in [5.41, 5.74) is 0.120. The molecule has 6 nitrogen and oxygen atoms in total. The first-order valence-electron chi connectivity index (χ1n) is 7.95. The van der Waals surface area contributed by atoms with Crippen LogP contribution in [0.2, 0.25) is 0 Å². The van der Waals surface area contributed by atoms with E-state index < -0.39 is 11.6 Å². The predicted molar refractivity (Wildman–Crippen MR) is 88.2 cm³/mol. The second kappa shape index (κ2) is 9.20. The highest BCUT2D eigenvalue weighted by Gasteiger charge is 2.41. The Kier molecular flexibility index (Phi) is 6.96. The Hall–Kier alpha value is -2.18. The fourth-order valence-electron chi connectivity index (χ4n) is 2.47. The number of carbonyl (C=O) groups excluding carboxylic acids is 2. The van der Waals surface area contributed by atoms with Gasteiger partial charge in [-0.2, -0.15) is 0 Å². The minimum atomic E-state index is -0.896. The van der Waals surface area contributed by atoms with Crippen LogP contribution in [-0.4, -0.2) is 44.3 Å². The van der Waals surface area contributed by atoms with Gasteiger partial charge in [0, 0.05) is 38.7 Å². The normalized spacial score (nSPS) is 16.7. The van der Waals surface area contributed by atoms with Crippen LogP contribution in [0.25, 0.3) is 0 Å². The van der Waals surface area contributed by atoms with Crippen LogP contribution in [0.3, 0.4) is 0 Å². The van der Waals surface area contributed by atoms with Crippen molar-refractivity contribution in [2.75, 3.05) is 26.9 Å². The molecule has 6 heteroatoms. The van der Waals surface area contributed by atoms with Gasteiger partial charge in [-0.15, -0.1) is 0 Å². The van der Waals surface area contributed by atoms with E-state index in [0.29, 0.717) is 32.7 Å². The molecule has 1 amide bonds. The lowest BCUT2D eigenvalue weighted by Gasteiger charge is -2.35. The highest BCUT2D eigenvalue weighted by Crippen LogP contribution is 2.27. The van der Waals surface area contributed by atoms with Gasteiger partial charge < -0.3 is 19.5 Å². The number of carbonyl (C=O) groups is 2. The molecule has 1 saturated heterocycles. The van der Waals surface area contributed by atoms with E-state index in [1.807, 2.05) is 30.3 Å². The lowest BCUT2D eigenvalue weighted by molar-refractivity contribution is -0.163. The Bertz CT molecular complexity index is 564. The second-order valence-electron chi connectivity index (χ2n) is 5.52. The summed E-state index contributed by atoms with van der Waals surface area (Å²) in [6.07, 6.45) is 3.84. The average Bonchev–Trinajstić information content (AvgIpc) is 2.64. The number of amides is 1. The SMILES string of the molecule is COC(=O)/C=C/CNC(=O)C1(OCc2ccccc2)CCOCC1. The Morgan fingerprint density at radius 3 is 2.62 bits per heavy atom. The standard InChI is InChI=1S/C18H23NO5/c1-22-16(20)8-5-11-19-17(21)18(9-12-23-13-10-18)24-14-15-6-3-2-4-7-15/h2-8H,9-14H2,1H3,(H,19,21)/b8-5+. The van der Waals surface area contributed by atoms with E-state index >= 15 is 0 Å². The van der Waals surface area contributed by atoms with Crippen molar-refractivity contribution in [2.24, 2.45) is 0 Å². The summed E-state index contributed by atoms with van der Waals surface area (Å²) >= 11 is 0. The number of rotatable bonds is 7. The molecule has 1 aromatic rings. The van der Waals surface area contributed by atoms with Crippen molar-refractivity contribution in [1.29, 1.82) is 0 Å². The van der Waals surface area contributed by atoms with Crippen LogP contribution in [0.15, 0.2) is 42.5 Å². The molecule has 0 aromatic heterocycles. The number of hydrogen-bond donors (Lipinski definition) is 1. The molecule has 1 fully saturated rings. The molecule has 0 saturated carbocycles. The lowest BCUT2D eigenvalue weighted by Crippen LogP contribution is -2.52. The van der Waals surface area contributed by atoms with Crippen molar-refractivity contribution < 1.29 is 23.8 Å². The highest BCUT2D eigenvalue weighted by molar-refractivity contribution is 5.86. The van der Waals surface area contributed by atoms with E-state index in [0.717, 1.165) is 5.56 Å². The maximum atomic E-state index is 12.6. The molecule has 1 aliphatic rings. The van der Waals surface area contributed by atoms with E-state index in [1.54, 1.807) is 6.08 Å². The van der Waals surface area contributed by atoms with E-state index in [9.17, 15) is 9.59 Å². The summed E-state index contributed by atoms with van der Waals surface area (Å²) in [6.45, 7) is 1.58. The summed E-state index contributed by atoms with van der Waals surface area (Å²) in [4.78, 5) is 23.6. The van der Waals surface area contributed by atoms with Gasteiger partial charge in [0.15, 0.2) is 5.60 Å². The van der Waals surface area contributed by atoms with Crippen LogP contribution >= 0.6 is 0 Å². The van der Waals surface area contributed by atoms with Gasteiger partial charge in [0.1, 0.15) is 0 Å². The third-order valence-electron chi connectivity index (χ3n) is 3.91. The van der Waals surface area contributed by atoms with Crippen molar-refractivity contribution in [3.63, 3.8) is 0 Å². The number of methoxy groups -OCH3 is 1. The molecule has 1 N–H and O–H groups in total. The number of esters is 1. The molecule has 1 aliphatic heterocycles. The van der Waals surface area contributed by atoms with Crippen LogP contribution in [0, 0.1) is 0 Å². The van der Waals surface area contributed by atoms with Crippen molar-refractivity contribution in [3.05, 3.63) is 48.0 Å². The molecule has 2 rings (SSSR count). The van der Waals surface area contributed by atoms with Gasteiger partial charge in [0.05, 0.1) is 13.7 Å². The first-order chi connectivity index (χ1) is 11.7. The molecule has 0 radical (unpaired) electrons. The zero-order valence-electron chi connectivity index (χ0n) is 13.8. The molecular weight excluding hydrogens is 310 g/mol. The molecule has 1 aromatic carbocycles. The summed E-state index contributed by atoms with van der Waals surface area (Å²) in [5.74, 6) is -0.637. The molecule has 0 spiro atoms. The van der Waals surface area contributed by atoms with Crippen LogP contribution < -0.4 is 5.32 Å². The zero-order chi connectivity index (χ0) is 17.3. The number of ether oxygens (including phenoxy) is 3. The second-order valence-corrected chi connectivity index (χ2v) is 5.52. The van der Waals surface area contributed by atoms with E-state index in [1.165, 1.54) is 13.2 Å². The number of nitrogens with one attached hydrogen (secondary N) is 1. The topological polar surface area (TPSA) is 73.9 Å². The molecule has 0 bridgehead atoms. The van der Waals surface area contributed by atoms with Crippen molar-refractivity contribution in [3.8, 4) is 0 Å². The van der Waals surface area contributed by atoms with Gasteiger partial charge in [-0.1, -0.05) is 36.4 Å². The summed E-state index contributed by atoms with van der Waals surface area (Å²) in [5, 5.41) is 2.79. The van der Waals surface area contributed by atoms with Crippen LogP contribution in [-0.2, 0) is 30.4 Å². The van der Waals surface area contributed by atoms with Gasteiger partial charge in [-0.05, 0) is 5.56 Å². The maximum Gasteiger partial charge on any atom is 0.330 e. The Morgan fingerprint density at radius 2 is 1.96 bits per heavy atom. The van der Waals surface area contributed by atoms with Gasteiger partial charge in [0.25, 0.3) is 5.91 Å². The minimum absolute atomic E-state index is 0.184. The molecule has 0 unspecified atom stereocenters. The Labute approximate surface area is 141 Å². The number of benzene rings is 1. The first kappa shape index (κ1) is 18.2. The van der Waals surface area contributed by atoms with Crippen LogP contribution in [0.5, 0.6) is 0 Å². The van der Waals surface area contributed by atoms with Crippen molar-refractivity contribution >= 4 is 11.9 Å². The van der Waals surface area contributed by atoms with Crippen LogP contribution in [0.1, 0.15) is 18.4 Å². The lowest BCUT2D eigenvalue weighted by atomic mass is 9.92. The smallest absolute Gasteiger partial charge is 0.330 e. The Balaban J connectivity index is 1.94. The summed E-state index contributed by atoms with van der Waals surface area (Å²) in [6, 6.07) is 9.74. The van der Waals surface area contributed by atoms with Gasteiger partial charge in [-0.25, -0.2) is 4.79 Å². The zero-order valence-corrected chi connectivity index (χ0v) is 13.8. The van der Waals surface area contributed by atoms with Gasteiger partial charge in [0.2, 0.25) is 0 Å². The fourth-order valence-corrected chi connectivity index (χ4v) is 2.47. The quantitative estimate of drug-likeness (QED) is 0.606. The summed E-state index contributed by atoms with van der Waals surface area (Å²) in [7, 11) is 1.31. The third-order valence-corrected chi connectivity index (χ3v) is 3.91. The van der Waals surface area contributed by atoms with E-state index in [2.05, 4.69) is 10.1 Å². The molecule has 130 valence electrons. The van der Waals surface area contributed by atoms with Gasteiger partial charge in [-0.3, -0.25) is 4.79 Å². The third kappa shape index (κ3) is 5.18. The molecular formula is C18H23NO5. The minimum Gasteiger partial charge on any atom is -0.466 e. The Morgan fingerprint density at radius 1 is 1.25 bits per heavy atom. The monoisotopic (exact) mass is 333 g/mol. The summed E-state index contributed by atoms with van der Waals surface area (Å²) < 4.78 is 15.9. The molecule has 0 aliphatic carbocycles. The maximum absolute atomic E-state index is 12.6. The number of hydrogen-bond acceptors (Lipinski definition) is 5. The largest absolute Gasteiger partial charge is 0.466 e. The van der Waals surface area contributed by atoms with E-state index in [-0.39, 0.29) is 12.5 Å². The van der Waals surface area contributed by atoms with Gasteiger partial charge >= 0.3 is 5.97 Å². The van der Waals surface area contributed by atoms with Crippen molar-refractivity contribution in [2.45, 2.75) is 25.0 Å². The fraction of sp³-hybridized carbons (Fsp3) is 0.444. The van der Waals surface area contributed by atoms with Crippen LogP contribution in [0.4, 0.5) is 0 Å². The average molecular weight is 333 g/mol.